The summed E-state index contributed by atoms with van der Waals surface area (Å²) in [6.07, 6.45) is 0. The number of rotatable bonds is 4. The molecule has 0 aliphatic rings. The third kappa shape index (κ3) is 4.28. The van der Waals surface area contributed by atoms with E-state index in [1.807, 2.05) is 18.2 Å². The van der Waals surface area contributed by atoms with Gasteiger partial charge in [0.25, 0.3) is 0 Å². The third-order valence-electron chi connectivity index (χ3n) is 10.5. The van der Waals surface area contributed by atoms with Crippen molar-refractivity contribution >= 4 is 65.3 Å². The van der Waals surface area contributed by atoms with Crippen LogP contribution in [0.5, 0.6) is 0 Å². The first kappa shape index (κ1) is 28.8. The van der Waals surface area contributed by atoms with Crippen LogP contribution in [0.1, 0.15) is 0 Å². The van der Waals surface area contributed by atoms with Crippen molar-refractivity contribution in [3.8, 4) is 34.0 Å². The lowest BCUT2D eigenvalue weighted by Crippen LogP contribution is -1.96. The molecule has 0 saturated heterocycles. The summed E-state index contributed by atoms with van der Waals surface area (Å²) in [5.41, 5.74) is 11.1. The van der Waals surface area contributed by atoms with Gasteiger partial charge in [0.05, 0.1) is 33.3 Å². The zero-order valence-corrected chi connectivity index (χ0v) is 28.1. The zero-order valence-electron chi connectivity index (χ0n) is 28.1. The van der Waals surface area contributed by atoms with Gasteiger partial charge in [-0.1, -0.05) is 121 Å². The van der Waals surface area contributed by atoms with Gasteiger partial charge in [-0.15, -0.1) is 0 Å². The van der Waals surface area contributed by atoms with Gasteiger partial charge >= 0.3 is 0 Å². The molecule has 0 radical (unpaired) electrons. The molecule has 0 aliphatic carbocycles. The molecule has 0 aliphatic heterocycles. The molecule has 3 aromatic heterocycles. The normalized spacial score (nSPS) is 11.8. The predicted octanol–water partition coefficient (Wildman–Crippen LogP) is 12.3. The molecule has 8 aromatic carbocycles. The molecule has 0 atom stereocenters. The van der Waals surface area contributed by atoms with Crippen molar-refractivity contribution in [2.24, 2.45) is 0 Å². The molecule has 0 fully saturated rings. The average molecular weight is 663 g/mol. The Balaban J connectivity index is 1.10. The van der Waals surface area contributed by atoms with Crippen molar-refractivity contribution in [2.75, 3.05) is 0 Å². The summed E-state index contributed by atoms with van der Waals surface area (Å²) in [6.45, 7) is 0. The number of hydrogen-bond donors (Lipinski definition) is 0. The summed E-state index contributed by atoms with van der Waals surface area (Å²) < 4.78 is 4.82. The van der Waals surface area contributed by atoms with Crippen LogP contribution in [0.15, 0.2) is 182 Å². The monoisotopic (exact) mass is 662 g/mol. The van der Waals surface area contributed by atoms with Crippen molar-refractivity contribution in [3.63, 3.8) is 0 Å². The molecule has 0 amide bonds. The van der Waals surface area contributed by atoms with Crippen molar-refractivity contribution < 1.29 is 0 Å². The molecular weight excluding hydrogens is 633 g/mol. The fourth-order valence-electron chi connectivity index (χ4n) is 8.18. The van der Waals surface area contributed by atoms with E-state index in [0.717, 1.165) is 55.7 Å². The molecule has 4 nitrogen and oxygen atoms in total. The molecule has 242 valence electrons. The van der Waals surface area contributed by atoms with E-state index in [4.69, 9.17) is 9.97 Å². The van der Waals surface area contributed by atoms with Crippen molar-refractivity contribution in [1.82, 2.24) is 19.1 Å². The molecule has 0 spiro atoms. The minimum Gasteiger partial charge on any atom is -0.309 e. The molecule has 0 N–H and O–H groups in total. The van der Waals surface area contributed by atoms with Crippen LogP contribution in [-0.4, -0.2) is 19.1 Å². The minimum absolute atomic E-state index is 0.726. The lowest BCUT2D eigenvalue weighted by Gasteiger charge is -2.12. The Hall–Kier alpha value is -7.04. The maximum absolute atomic E-state index is 5.13. The maximum Gasteiger partial charge on any atom is 0.160 e. The van der Waals surface area contributed by atoms with E-state index in [-0.39, 0.29) is 0 Å². The predicted molar refractivity (Wildman–Crippen MR) is 217 cm³/mol. The van der Waals surface area contributed by atoms with Crippen LogP contribution >= 0.6 is 0 Å². The standard InChI is InChI=1S/C48H30N4/c1-3-13-31(14-4-1)47-37-17-7-10-20-40(37)49-48(50-47)34-24-23-33-30-36(26-25-32(33)29-34)52-42-22-12-9-19-39(42)46-44(52)28-27-43-45(46)38-18-8-11-21-41(38)51(43)35-15-5-2-6-16-35/h1-30H. The highest BCUT2D eigenvalue weighted by atomic mass is 15.0. The number of aromatic nitrogens is 4. The molecule has 0 saturated carbocycles. The van der Waals surface area contributed by atoms with Crippen LogP contribution in [-0.2, 0) is 0 Å². The van der Waals surface area contributed by atoms with Gasteiger partial charge in [0, 0.05) is 49.4 Å². The number of benzene rings is 8. The Kier molecular flexibility index (Phi) is 6.22. The second kappa shape index (κ2) is 11.2. The summed E-state index contributed by atoms with van der Waals surface area (Å²) in [6, 6.07) is 64.8. The highest BCUT2D eigenvalue weighted by Crippen LogP contribution is 2.42. The second-order valence-corrected chi connectivity index (χ2v) is 13.4. The quantitative estimate of drug-likeness (QED) is 0.188. The van der Waals surface area contributed by atoms with Crippen LogP contribution in [0.2, 0.25) is 0 Å². The van der Waals surface area contributed by atoms with E-state index in [0.29, 0.717) is 0 Å². The Labute approximate surface area is 299 Å². The molecular formula is C48H30N4. The second-order valence-electron chi connectivity index (χ2n) is 13.4. The van der Waals surface area contributed by atoms with E-state index in [2.05, 4.69) is 173 Å². The molecule has 0 unspecified atom stereocenters. The van der Waals surface area contributed by atoms with E-state index < -0.39 is 0 Å². The fourth-order valence-corrected chi connectivity index (χ4v) is 8.18. The molecule has 11 rings (SSSR count). The van der Waals surface area contributed by atoms with Crippen LogP contribution in [0.4, 0.5) is 0 Å². The Morgan fingerprint density at radius 1 is 0.346 bits per heavy atom. The Morgan fingerprint density at radius 3 is 1.62 bits per heavy atom. The van der Waals surface area contributed by atoms with Gasteiger partial charge in [-0.3, -0.25) is 0 Å². The summed E-state index contributed by atoms with van der Waals surface area (Å²) in [4.78, 5) is 10.1. The van der Waals surface area contributed by atoms with Crippen LogP contribution in [0.3, 0.4) is 0 Å². The van der Waals surface area contributed by atoms with Gasteiger partial charge in [-0.25, -0.2) is 9.97 Å². The Morgan fingerprint density at radius 2 is 0.904 bits per heavy atom. The summed E-state index contributed by atoms with van der Waals surface area (Å²) in [5.74, 6) is 0.726. The number of hydrogen-bond acceptors (Lipinski definition) is 2. The summed E-state index contributed by atoms with van der Waals surface area (Å²) in [5, 5.41) is 8.42. The maximum atomic E-state index is 5.13. The molecule has 4 heteroatoms. The van der Waals surface area contributed by atoms with Crippen molar-refractivity contribution in [1.29, 1.82) is 0 Å². The van der Waals surface area contributed by atoms with Gasteiger partial charge in [-0.05, 0) is 71.4 Å². The lowest BCUT2D eigenvalue weighted by atomic mass is 10.0. The first-order chi connectivity index (χ1) is 25.8. The lowest BCUT2D eigenvalue weighted by molar-refractivity contribution is 1.17. The Bertz CT molecular complexity index is 3170. The largest absolute Gasteiger partial charge is 0.309 e. The van der Waals surface area contributed by atoms with Crippen LogP contribution < -0.4 is 0 Å². The smallest absolute Gasteiger partial charge is 0.160 e. The highest BCUT2D eigenvalue weighted by molar-refractivity contribution is 6.29. The first-order valence-electron chi connectivity index (χ1n) is 17.7. The SMILES string of the molecule is c1ccc(-c2nc(-c3ccc4cc(-n5c6ccccc6c6c7c8ccccc8n(-c8ccccc8)c7ccc65)ccc4c3)nc3ccccc23)cc1. The molecule has 3 heterocycles. The van der Waals surface area contributed by atoms with E-state index >= 15 is 0 Å². The number of nitrogens with zero attached hydrogens (tertiary/aromatic N) is 4. The van der Waals surface area contributed by atoms with E-state index in [9.17, 15) is 0 Å². The topological polar surface area (TPSA) is 35.6 Å². The number of fused-ring (bicyclic) bond motifs is 9. The van der Waals surface area contributed by atoms with Gasteiger partial charge < -0.3 is 9.13 Å². The van der Waals surface area contributed by atoms with Crippen molar-refractivity contribution in [2.45, 2.75) is 0 Å². The third-order valence-corrected chi connectivity index (χ3v) is 10.5. The van der Waals surface area contributed by atoms with E-state index in [1.165, 1.54) is 43.6 Å². The molecule has 11 aromatic rings. The fraction of sp³-hybridized carbons (Fsp3) is 0. The van der Waals surface area contributed by atoms with Gasteiger partial charge in [-0.2, -0.15) is 0 Å². The highest BCUT2D eigenvalue weighted by Gasteiger charge is 2.20. The van der Waals surface area contributed by atoms with Crippen LogP contribution in [0, 0.1) is 0 Å². The van der Waals surface area contributed by atoms with Gasteiger partial charge in [0.1, 0.15) is 0 Å². The van der Waals surface area contributed by atoms with Crippen LogP contribution in [0.25, 0.3) is 99.3 Å². The van der Waals surface area contributed by atoms with Gasteiger partial charge in [0.15, 0.2) is 5.82 Å². The van der Waals surface area contributed by atoms with Gasteiger partial charge in [0.2, 0.25) is 0 Å². The molecule has 0 bridgehead atoms. The zero-order chi connectivity index (χ0) is 34.2. The minimum atomic E-state index is 0.726. The van der Waals surface area contributed by atoms with E-state index in [1.54, 1.807) is 0 Å². The average Bonchev–Trinajstić information content (AvgIpc) is 3.73. The number of para-hydroxylation sites is 4. The summed E-state index contributed by atoms with van der Waals surface area (Å²) >= 11 is 0. The molecule has 52 heavy (non-hydrogen) atoms. The summed E-state index contributed by atoms with van der Waals surface area (Å²) in [7, 11) is 0. The first-order valence-corrected chi connectivity index (χ1v) is 17.7. The van der Waals surface area contributed by atoms with Crippen molar-refractivity contribution in [3.05, 3.63) is 182 Å².